The van der Waals surface area contributed by atoms with Crippen molar-refractivity contribution in [3.63, 3.8) is 0 Å². The Hall–Kier alpha value is -4.96. The minimum absolute atomic E-state index is 0.0422. The zero-order chi connectivity index (χ0) is 31.4. The maximum atomic E-state index is 11.9. The molecule has 2 aromatic carbocycles. The minimum atomic E-state index is -0.831. The molecule has 1 aliphatic heterocycles. The Kier molecular flexibility index (Phi) is 12.0. The topological polar surface area (TPSA) is 211 Å². The Labute approximate surface area is 247 Å². The molecule has 0 spiro atoms. The molecule has 0 unspecified atom stereocenters. The number of nitrogens with one attached hydrogen (secondary N) is 2. The van der Waals surface area contributed by atoms with E-state index in [2.05, 4.69) is 20.3 Å². The smallest absolute Gasteiger partial charge is 0.338 e. The first-order chi connectivity index (χ1) is 20.7. The zero-order valence-electron chi connectivity index (χ0n) is 23.8. The number of rotatable bonds is 16. The highest BCUT2D eigenvalue weighted by Gasteiger charge is 2.24. The molecule has 0 saturated carbocycles. The fourth-order valence-electron chi connectivity index (χ4n) is 4.28. The molecule has 1 heterocycles. The van der Waals surface area contributed by atoms with E-state index in [0.29, 0.717) is 19.6 Å². The Morgan fingerprint density at radius 3 is 2.05 bits per heavy atom. The van der Waals surface area contributed by atoms with Crippen molar-refractivity contribution in [2.45, 2.75) is 6.42 Å². The highest BCUT2D eigenvalue weighted by molar-refractivity contribution is 5.96. The van der Waals surface area contributed by atoms with Crippen molar-refractivity contribution in [2.24, 2.45) is 5.73 Å². The average molecular weight is 603 g/mol. The van der Waals surface area contributed by atoms with Crippen LogP contribution in [-0.2, 0) is 9.47 Å². The van der Waals surface area contributed by atoms with Crippen LogP contribution in [0.3, 0.4) is 0 Å². The van der Waals surface area contributed by atoms with E-state index in [4.69, 9.17) is 19.9 Å². The predicted octanol–water partition coefficient (Wildman–Crippen LogP) is 2.58. The first kappa shape index (κ1) is 32.6. The van der Waals surface area contributed by atoms with Crippen LogP contribution in [0.2, 0.25) is 0 Å². The highest BCUT2D eigenvalue weighted by atomic mass is 16.6. The number of nitrogens with two attached hydrogens (primary N) is 1. The monoisotopic (exact) mass is 602 g/mol. The van der Waals surface area contributed by atoms with Crippen LogP contribution in [0.15, 0.2) is 36.4 Å². The van der Waals surface area contributed by atoms with Gasteiger partial charge in [0.15, 0.2) is 11.4 Å². The number of nitro benzene ring substituents is 2. The number of methoxy groups -OCH3 is 2. The Bertz CT molecular complexity index is 1360. The molecule has 0 bridgehead atoms. The van der Waals surface area contributed by atoms with Gasteiger partial charge in [0.2, 0.25) is 5.91 Å². The molecule has 43 heavy (non-hydrogen) atoms. The van der Waals surface area contributed by atoms with E-state index in [0.717, 1.165) is 38.9 Å². The molecule has 1 amide bonds. The third-order valence-corrected chi connectivity index (χ3v) is 6.42. The van der Waals surface area contributed by atoms with Gasteiger partial charge in [-0.2, -0.15) is 0 Å². The van der Waals surface area contributed by atoms with Crippen molar-refractivity contribution in [2.75, 3.05) is 77.4 Å². The molecule has 2 aromatic rings. The second-order valence-corrected chi connectivity index (χ2v) is 9.20. The predicted molar refractivity (Wildman–Crippen MR) is 156 cm³/mol. The molecule has 1 fully saturated rings. The van der Waals surface area contributed by atoms with Crippen LogP contribution in [0.4, 0.5) is 22.7 Å². The maximum Gasteiger partial charge on any atom is 0.338 e. The number of nitrogens with zero attached hydrogens (tertiary/aromatic N) is 3. The highest BCUT2D eigenvalue weighted by Crippen LogP contribution is 2.37. The lowest BCUT2D eigenvalue weighted by Gasteiger charge is -2.26. The SMILES string of the molecule is COC(=O)c1cc(OC)c(NC/C=C/CNc2c(OCCCN3CCOCC3)cc(C(N)=O)cc2[N+](=O)[O-])c([N+](=O)[O-])c1. The summed E-state index contributed by atoms with van der Waals surface area (Å²) in [6.45, 7) is 4.19. The molecule has 0 aliphatic carbocycles. The van der Waals surface area contributed by atoms with Crippen molar-refractivity contribution >= 4 is 34.6 Å². The van der Waals surface area contributed by atoms with Crippen LogP contribution in [-0.4, -0.2) is 93.4 Å². The standard InChI is InChI=1S/C27H34N6O10/c1-40-22-17-19(27(35)41-2)15-21(33(38)39)24(22)29-6-3-4-7-30-25-20(32(36)37)14-18(26(28)34)16-23(25)43-11-5-8-31-9-12-42-13-10-31/h3-4,14-17,29-30H,5-13H2,1-2H3,(H2,28,34)/b4-3+. The number of anilines is 2. The summed E-state index contributed by atoms with van der Waals surface area (Å²) in [5, 5.41) is 29.3. The summed E-state index contributed by atoms with van der Waals surface area (Å²) in [4.78, 5) is 48.1. The van der Waals surface area contributed by atoms with Gasteiger partial charge in [-0.1, -0.05) is 12.2 Å². The lowest BCUT2D eigenvalue weighted by Crippen LogP contribution is -2.37. The summed E-state index contributed by atoms with van der Waals surface area (Å²) in [6, 6.07) is 4.85. The number of benzene rings is 2. The fraction of sp³-hybridized carbons (Fsp3) is 0.407. The molecule has 232 valence electrons. The van der Waals surface area contributed by atoms with Crippen LogP contribution in [0.1, 0.15) is 27.1 Å². The van der Waals surface area contributed by atoms with Crippen LogP contribution >= 0.6 is 0 Å². The van der Waals surface area contributed by atoms with Crippen molar-refractivity contribution in [1.82, 2.24) is 4.90 Å². The zero-order valence-corrected chi connectivity index (χ0v) is 23.8. The average Bonchev–Trinajstić information content (AvgIpc) is 3.00. The summed E-state index contributed by atoms with van der Waals surface area (Å²) in [6.07, 6.45) is 3.93. The van der Waals surface area contributed by atoms with Gasteiger partial charge in [0.05, 0.1) is 49.5 Å². The number of carbonyl (C=O) groups is 2. The van der Waals surface area contributed by atoms with Crippen LogP contribution in [0.25, 0.3) is 0 Å². The Balaban J connectivity index is 1.69. The van der Waals surface area contributed by atoms with E-state index >= 15 is 0 Å². The molecule has 1 aliphatic rings. The number of hydrogen-bond donors (Lipinski definition) is 3. The first-order valence-electron chi connectivity index (χ1n) is 13.3. The number of ether oxygens (including phenoxy) is 4. The van der Waals surface area contributed by atoms with Crippen LogP contribution in [0.5, 0.6) is 11.5 Å². The quantitative estimate of drug-likeness (QED) is 0.0830. The van der Waals surface area contributed by atoms with Gasteiger partial charge in [0, 0.05) is 50.4 Å². The summed E-state index contributed by atoms with van der Waals surface area (Å²) in [5.41, 5.74) is 4.66. The van der Waals surface area contributed by atoms with Crippen molar-refractivity contribution < 1.29 is 38.4 Å². The van der Waals surface area contributed by atoms with Gasteiger partial charge in [-0.15, -0.1) is 0 Å². The summed E-state index contributed by atoms with van der Waals surface area (Å²) >= 11 is 0. The van der Waals surface area contributed by atoms with Crippen molar-refractivity contribution in [1.29, 1.82) is 0 Å². The van der Waals surface area contributed by atoms with E-state index in [9.17, 15) is 29.8 Å². The number of hydrogen-bond acceptors (Lipinski definition) is 13. The van der Waals surface area contributed by atoms with Crippen LogP contribution < -0.4 is 25.8 Å². The summed E-state index contributed by atoms with van der Waals surface area (Å²) in [7, 11) is 2.47. The third kappa shape index (κ3) is 9.01. The van der Waals surface area contributed by atoms with E-state index in [1.165, 1.54) is 19.2 Å². The van der Waals surface area contributed by atoms with Crippen LogP contribution in [0, 0.1) is 20.2 Å². The molecule has 1 saturated heterocycles. The summed E-state index contributed by atoms with van der Waals surface area (Å²) in [5.74, 6) is -1.40. The summed E-state index contributed by atoms with van der Waals surface area (Å²) < 4.78 is 21.1. The van der Waals surface area contributed by atoms with E-state index in [1.807, 2.05) is 0 Å². The van der Waals surface area contributed by atoms with Gasteiger partial charge < -0.3 is 35.3 Å². The molecule has 0 aromatic heterocycles. The number of amides is 1. The molecule has 0 radical (unpaired) electrons. The molecule has 4 N–H and O–H groups in total. The minimum Gasteiger partial charge on any atom is -0.494 e. The second kappa shape index (κ2) is 15.9. The third-order valence-electron chi connectivity index (χ3n) is 6.42. The normalized spacial score (nSPS) is 13.3. The van der Waals surface area contributed by atoms with E-state index in [-0.39, 0.29) is 65.1 Å². The van der Waals surface area contributed by atoms with Gasteiger partial charge in [-0.3, -0.25) is 29.9 Å². The first-order valence-corrected chi connectivity index (χ1v) is 13.3. The number of primary amides is 1. The Morgan fingerprint density at radius 1 is 0.953 bits per heavy atom. The second-order valence-electron chi connectivity index (χ2n) is 9.20. The lowest BCUT2D eigenvalue weighted by atomic mass is 10.1. The Morgan fingerprint density at radius 2 is 1.51 bits per heavy atom. The van der Waals surface area contributed by atoms with E-state index < -0.39 is 21.7 Å². The number of nitro groups is 2. The van der Waals surface area contributed by atoms with Crippen molar-refractivity contribution in [3.8, 4) is 11.5 Å². The molecule has 16 heteroatoms. The molecular formula is C27H34N6O10. The number of morpholine rings is 1. The van der Waals surface area contributed by atoms with Gasteiger partial charge in [0.25, 0.3) is 11.4 Å². The van der Waals surface area contributed by atoms with E-state index in [1.54, 1.807) is 12.2 Å². The van der Waals surface area contributed by atoms with Gasteiger partial charge in [-0.25, -0.2) is 4.79 Å². The lowest BCUT2D eigenvalue weighted by molar-refractivity contribution is -0.384. The largest absolute Gasteiger partial charge is 0.494 e. The van der Waals surface area contributed by atoms with Gasteiger partial charge in [-0.05, 0) is 18.6 Å². The molecular weight excluding hydrogens is 568 g/mol. The molecule has 0 atom stereocenters. The molecule has 3 rings (SSSR count). The maximum absolute atomic E-state index is 11.9. The molecule has 16 nitrogen and oxygen atoms in total. The number of carbonyl (C=O) groups excluding carboxylic acids is 2. The fourth-order valence-corrected chi connectivity index (χ4v) is 4.28. The van der Waals surface area contributed by atoms with Gasteiger partial charge >= 0.3 is 5.97 Å². The number of esters is 1. The van der Waals surface area contributed by atoms with Gasteiger partial charge in [0.1, 0.15) is 11.5 Å². The van der Waals surface area contributed by atoms with Crippen molar-refractivity contribution in [3.05, 3.63) is 67.8 Å².